The summed E-state index contributed by atoms with van der Waals surface area (Å²) in [5, 5.41) is 9.09. The maximum Gasteiger partial charge on any atom is 0.244 e. The molecule has 0 aliphatic carbocycles. The molecule has 0 bridgehead atoms. The predicted molar refractivity (Wildman–Crippen MR) is 118 cm³/mol. The number of nitrogens with one attached hydrogen (secondary N) is 2. The molecule has 0 atom stereocenters. The normalized spacial score (nSPS) is 11.3. The minimum Gasteiger partial charge on any atom is -0.326 e. The topological polar surface area (TPSA) is 70.6 Å². The number of carbonyl (C=O) groups is 2. The van der Waals surface area contributed by atoms with E-state index < -0.39 is 0 Å². The first kappa shape index (κ1) is 20.3. The minimum atomic E-state index is -0.213. The van der Waals surface area contributed by atoms with E-state index in [1.54, 1.807) is 6.92 Å². The Bertz CT molecular complexity index is 1060. The monoisotopic (exact) mass is 387 g/mol. The van der Waals surface area contributed by atoms with Gasteiger partial charge in [0.1, 0.15) is 0 Å². The van der Waals surface area contributed by atoms with Crippen molar-refractivity contribution in [2.75, 3.05) is 5.32 Å². The van der Waals surface area contributed by atoms with Crippen molar-refractivity contribution in [3.05, 3.63) is 77.4 Å². The van der Waals surface area contributed by atoms with Crippen molar-refractivity contribution in [1.82, 2.24) is 5.43 Å². The number of carbonyl (C=O) groups excluding carboxylic acids is 2. The maximum atomic E-state index is 12.3. The standard InChI is InChI=1S/C24H25N3O2/c1-16-11-17(2)13-21(12-16)25-23(28)14-18(3)26-27-24(29)15-20-9-6-8-19-7-4-5-10-22(19)20/h4-13H,14-15H2,1-3H3,(H,25,28)(H,27,29)/b26-18+. The second-order valence-electron chi connectivity index (χ2n) is 7.30. The van der Waals surface area contributed by atoms with Crippen molar-refractivity contribution in [2.24, 2.45) is 5.10 Å². The number of nitrogens with zero attached hydrogens (tertiary/aromatic N) is 1. The molecule has 0 aromatic heterocycles. The van der Waals surface area contributed by atoms with Gasteiger partial charge in [0.2, 0.25) is 11.8 Å². The third-order valence-electron chi connectivity index (χ3n) is 4.52. The van der Waals surface area contributed by atoms with Crippen LogP contribution in [0.3, 0.4) is 0 Å². The van der Waals surface area contributed by atoms with E-state index in [-0.39, 0.29) is 24.7 Å². The minimum absolute atomic E-state index is 0.113. The molecule has 0 spiro atoms. The quantitative estimate of drug-likeness (QED) is 0.482. The third kappa shape index (κ3) is 5.75. The zero-order chi connectivity index (χ0) is 20.8. The van der Waals surface area contributed by atoms with Crippen LogP contribution in [0.4, 0.5) is 5.69 Å². The van der Waals surface area contributed by atoms with Gasteiger partial charge in [-0.2, -0.15) is 5.10 Å². The van der Waals surface area contributed by atoms with Crippen LogP contribution < -0.4 is 10.7 Å². The molecule has 0 heterocycles. The van der Waals surface area contributed by atoms with Gasteiger partial charge in [0.15, 0.2) is 0 Å². The highest BCUT2D eigenvalue weighted by Crippen LogP contribution is 2.19. The van der Waals surface area contributed by atoms with Gasteiger partial charge in [-0.3, -0.25) is 9.59 Å². The van der Waals surface area contributed by atoms with E-state index in [1.165, 1.54) is 0 Å². The van der Waals surface area contributed by atoms with Crippen LogP contribution in [0.25, 0.3) is 10.8 Å². The molecule has 148 valence electrons. The Morgan fingerprint density at radius 3 is 2.34 bits per heavy atom. The lowest BCUT2D eigenvalue weighted by Gasteiger charge is -2.08. The predicted octanol–water partition coefficient (Wildman–Crippen LogP) is 4.52. The lowest BCUT2D eigenvalue weighted by Crippen LogP contribution is -2.23. The van der Waals surface area contributed by atoms with E-state index in [1.807, 2.05) is 74.5 Å². The first-order chi connectivity index (χ1) is 13.9. The van der Waals surface area contributed by atoms with E-state index in [0.717, 1.165) is 33.2 Å². The Kier molecular flexibility index (Phi) is 6.39. The van der Waals surface area contributed by atoms with Crippen LogP contribution in [0, 0.1) is 13.8 Å². The number of hydrogen-bond acceptors (Lipinski definition) is 3. The molecule has 0 saturated heterocycles. The largest absolute Gasteiger partial charge is 0.326 e. The van der Waals surface area contributed by atoms with E-state index in [2.05, 4.69) is 15.8 Å². The molecule has 2 N–H and O–H groups in total. The zero-order valence-corrected chi connectivity index (χ0v) is 17.0. The Hall–Kier alpha value is -3.47. The van der Waals surface area contributed by atoms with Crippen molar-refractivity contribution in [1.29, 1.82) is 0 Å². The molecular weight excluding hydrogens is 362 g/mol. The summed E-state index contributed by atoms with van der Waals surface area (Å²) < 4.78 is 0. The van der Waals surface area contributed by atoms with E-state index in [4.69, 9.17) is 0 Å². The van der Waals surface area contributed by atoms with Crippen molar-refractivity contribution in [3.63, 3.8) is 0 Å². The smallest absolute Gasteiger partial charge is 0.244 e. The van der Waals surface area contributed by atoms with Crippen LogP contribution in [0.2, 0.25) is 0 Å². The van der Waals surface area contributed by atoms with E-state index >= 15 is 0 Å². The van der Waals surface area contributed by atoms with Crippen molar-refractivity contribution >= 4 is 34.0 Å². The Morgan fingerprint density at radius 2 is 1.59 bits per heavy atom. The Morgan fingerprint density at radius 1 is 0.897 bits per heavy atom. The van der Waals surface area contributed by atoms with Gasteiger partial charge in [0, 0.05) is 11.4 Å². The molecule has 0 radical (unpaired) electrons. The van der Waals surface area contributed by atoms with Crippen LogP contribution in [0.1, 0.15) is 30.0 Å². The fourth-order valence-corrected chi connectivity index (χ4v) is 3.34. The summed E-state index contributed by atoms with van der Waals surface area (Å²) in [5.74, 6) is -0.380. The summed E-state index contributed by atoms with van der Waals surface area (Å²) in [7, 11) is 0. The molecule has 0 unspecified atom stereocenters. The molecule has 29 heavy (non-hydrogen) atoms. The number of amides is 2. The first-order valence-corrected chi connectivity index (χ1v) is 9.57. The maximum absolute atomic E-state index is 12.3. The second kappa shape index (κ2) is 9.15. The third-order valence-corrected chi connectivity index (χ3v) is 4.52. The van der Waals surface area contributed by atoms with E-state index in [9.17, 15) is 9.59 Å². The van der Waals surface area contributed by atoms with Crippen LogP contribution >= 0.6 is 0 Å². The highest BCUT2D eigenvalue weighted by atomic mass is 16.2. The molecule has 5 heteroatoms. The molecule has 3 aromatic rings. The fourth-order valence-electron chi connectivity index (χ4n) is 3.34. The molecule has 3 rings (SSSR count). The van der Waals surface area contributed by atoms with Gasteiger partial charge in [0.25, 0.3) is 0 Å². The molecule has 0 fully saturated rings. The Balaban J connectivity index is 1.56. The lowest BCUT2D eigenvalue weighted by molar-refractivity contribution is -0.120. The summed E-state index contributed by atoms with van der Waals surface area (Å²) in [5.41, 5.74) is 6.98. The average Bonchev–Trinajstić information content (AvgIpc) is 2.66. The van der Waals surface area contributed by atoms with Gasteiger partial charge in [0.05, 0.1) is 12.8 Å². The van der Waals surface area contributed by atoms with Gasteiger partial charge in [-0.05, 0) is 60.4 Å². The van der Waals surface area contributed by atoms with Crippen molar-refractivity contribution < 1.29 is 9.59 Å². The lowest BCUT2D eigenvalue weighted by atomic mass is 10.0. The number of hydrogen-bond donors (Lipinski definition) is 2. The highest BCUT2D eigenvalue weighted by molar-refractivity contribution is 6.05. The number of benzene rings is 3. The first-order valence-electron chi connectivity index (χ1n) is 9.57. The number of aryl methyl sites for hydroxylation is 2. The van der Waals surface area contributed by atoms with Gasteiger partial charge >= 0.3 is 0 Å². The molecule has 5 nitrogen and oxygen atoms in total. The summed E-state index contributed by atoms with van der Waals surface area (Å²) in [6.45, 7) is 5.70. The molecule has 0 aliphatic rings. The second-order valence-corrected chi connectivity index (χ2v) is 7.30. The van der Waals surface area contributed by atoms with Gasteiger partial charge in [-0.25, -0.2) is 5.43 Å². The van der Waals surface area contributed by atoms with Crippen LogP contribution in [-0.4, -0.2) is 17.5 Å². The van der Waals surface area contributed by atoms with Crippen molar-refractivity contribution in [2.45, 2.75) is 33.6 Å². The summed E-state index contributed by atoms with van der Waals surface area (Å²) in [6, 6.07) is 19.8. The van der Waals surface area contributed by atoms with Crippen LogP contribution in [-0.2, 0) is 16.0 Å². The van der Waals surface area contributed by atoms with E-state index in [0.29, 0.717) is 5.71 Å². The molecule has 0 saturated carbocycles. The average molecular weight is 387 g/mol. The molecular formula is C24H25N3O2. The van der Waals surface area contributed by atoms with Gasteiger partial charge in [-0.1, -0.05) is 48.5 Å². The number of rotatable bonds is 6. The van der Waals surface area contributed by atoms with Gasteiger partial charge in [-0.15, -0.1) is 0 Å². The fraction of sp³-hybridized carbons (Fsp3) is 0.208. The number of anilines is 1. The van der Waals surface area contributed by atoms with Crippen LogP contribution in [0.5, 0.6) is 0 Å². The van der Waals surface area contributed by atoms with Gasteiger partial charge < -0.3 is 5.32 Å². The summed E-state index contributed by atoms with van der Waals surface area (Å²) in [4.78, 5) is 24.5. The van der Waals surface area contributed by atoms with Crippen molar-refractivity contribution in [3.8, 4) is 0 Å². The highest BCUT2D eigenvalue weighted by Gasteiger charge is 2.08. The molecule has 2 amide bonds. The number of fused-ring (bicyclic) bond motifs is 1. The van der Waals surface area contributed by atoms with Crippen LogP contribution in [0.15, 0.2) is 65.8 Å². The Labute approximate surface area is 170 Å². The number of hydrazone groups is 1. The summed E-state index contributed by atoms with van der Waals surface area (Å²) in [6.07, 6.45) is 0.342. The zero-order valence-electron chi connectivity index (χ0n) is 17.0. The SMILES string of the molecule is C/C(CC(=O)Nc1cc(C)cc(C)c1)=N\NC(=O)Cc1cccc2ccccc12. The summed E-state index contributed by atoms with van der Waals surface area (Å²) >= 11 is 0. The molecule has 3 aromatic carbocycles. The molecule has 0 aliphatic heterocycles.